The van der Waals surface area contributed by atoms with Crippen LogP contribution in [0.4, 0.5) is 19.3 Å². The molecule has 4 rings (SSSR count). The van der Waals surface area contributed by atoms with Crippen LogP contribution in [0.2, 0.25) is 0 Å². The van der Waals surface area contributed by atoms with Gasteiger partial charge in [-0.05, 0) is 42.0 Å². The van der Waals surface area contributed by atoms with Gasteiger partial charge in [-0.3, -0.25) is 4.79 Å². The van der Waals surface area contributed by atoms with Crippen LogP contribution in [0, 0.1) is 11.6 Å². The number of benzene rings is 2. The normalized spacial score (nSPS) is 13.9. The van der Waals surface area contributed by atoms with Crippen LogP contribution in [-0.2, 0) is 17.9 Å². The van der Waals surface area contributed by atoms with E-state index in [1.807, 2.05) is 47.8 Å². The molecular formula is C27H29F2N3O2S. The lowest BCUT2D eigenvalue weighted by Gasteiger charge is -2.35. The molecule has 3 amide bonds. The Morgan fingerprint density at radius 1 is 0.943 bits per heavy atom. The third kappa shape index (κ3) is 6.88. The van der Waals surface area contributed by atoms with Gasteiger partial charge < -0.3 is 15.1 Å². The van der Waals surface area contributed by atoms with E-state index in [2.05, 4.69) is 5.32 Å². The molecule has 1 saturated carbocycles. The Morgan fingerprint density at radius 3 is 2.40 bits per heavy atom. The Balaban J connectivity index is 1.54. The average molecular weight is 498 g/mol. The van der Waals surface area contributed by atoms with E-state index in [9.17, 15) is 18.4 Å². The van der Waals surface area contributed by atoms with Crippen LogP contribution in [-0.4, -0.2) is 34.3 Å². The minimum absolute atomic E-state index is 0.107. The predicted molar refractivity (Wildman–Crippen MR) is 134 cm³/mol. The van der Waals surface area contributed by atoms with Crippen molar-refractivity contribution < 1.29 is 18.4 Å². The lowest BCUT2D eigenvalue weighted by molar-refractivity contribution is -0.133. The summed E-state index contributed by atoms with van der Waals surface area (Å²) in [5, 5.41) is 4.52. The molecule has 0 atom stereocenters. The van der Waals surface area contributed by atoms with Gasteiger partial charge in [-0.2, -0.15) is 0 Å². The van der Waals surface area contributed by atoms with Gasteiger partial charge in [0, 0.05) is 23.5 Å². The van der Waals surface area contributed by atoms with Crippen LogP contribution in [0.5, 0.6) is 0 Å². The second kappa shape index (κ2) is 11.9. The molecule has 0 bridgehead atoms. The molecule has 0 spiro atoms. The fourth-order valence-corrected chi connectivity index (χ4v) is 5.13. The number of nitrogens with one attached hydrogen (secondary N) is 1. The molecule has 184 valence electrons. The fraction of sp³-hybridized carbons (Fsp3) is 0.333. The van der Waals surface area contributed by atoms with E-state index in [4.69, 9.17) is 0 Å². The molecule has 5 nitrogen and oxygen atoms in total. The van der Waals surface area contributed by atoms with Gasteiger partial charge in [0.2, 0.25) is 5.91 Å². The minimum Gasteiger partial charge on any atom is -0.332 e. The Kier molecular flexibility index (Phi) is 8.47. The van der Waals surface area contributed by atoms with E-state index in [0.717, 1.165) is 54.7 Å². The highest BCUT2D eigenvalue weighted by Crippen LogP contribution is 2.25. The van der Waals surface area contributed by atoms with Gasteiger partial charge in [-0.15, -0.1) is 11.3 Å². The van der Waals surface area contributed by atoms with Crippen molar-refractivity contribution in [2.45, 2.75) is 51.2 Å². The smallest absolute Gasteiger partial charge is 0.322 e. The molecule has 0 unspecified atom stereocenters. The number of thiophene rings is 1. The van der Waals surface area contributed by atoms with E-state index >= 15 is 0 Å². The van der Waals surface area contributed by atoms with Gasteiger partial charge in [0.05, 0.1) is 12.2 Å². The molecule has 1 fully saturated rings. The summed E-state index contributed by atoms with van der Waals surface area (Å²) in [6, 6.07) is 16.0. The van der Waals surface area contributed by atoms with Crippen molar-refractivity contribution in [1.29, 1.82) is 0 Å². The van der Waals surface area contributed by atoms with Gasteiger partial charge >= 0.3 is 6.03 Å². The first-order chi connectivity index (χ1) is 17.0. The van der Waals surface area contributed by atoms with Gasteiger partial charge in [-0.1, -0.05) is 55.7 Å². The molecule has 1 N–H and O–H groups in total. The standard InChI is InChI=1S/C27H29F2N3O2S/c28-21-13-14-25(24(29)16-21)30-27(34)32(22-10-5-2-6-11-22)19-26(33)31(18-23-12-7-15-35-23)17-20-8-3-1-4-9-20/h1,3-4,7-9,12-16,22H,2,5-6,10-11,17-19H2,(H,30,34). The number of hydrogen-bond donors (Lipinski definition) is 1. The first-order valence-electron chi connectivity index (χ1n) is 11.9. The second-order valence-corrected chi connectivity index (χ2v) is 9.82. The highest BCUT2D eigenvalue weighted by molar-refractivity contribution is 7.09. The maximum Gasteiger partial charge on any atom is 0.322 e. The lowest BCUT2D eigenvalue weighted by Crippen LogP contribution is -2.49. The number of anilines is 1. The van der Waals surface area contributed by atoms with E-state index in [-0.39, 0.29) is 24.2 Å². The Hall–Kier alpha value is -3.26. The highest BCUT2D eigenvalue weighted by atomic mass is 32.1. The van der Waals surface area contributed by atoms with Crippen molar-refractivity contribution in [2.24, 2.45) is 0 Å². The van der Waals surface area contributed by atoms with Gasteiger partial charge in [0.25, 0.3) is 0 Å². The SMILES string of the molecule is O=C(CN(C(=O)Nc1ccc(F)cc1F)C1CCCCC1)N(Cc1ccccc1)Cc1cccs1. The molecule has 1 aromatic heterocycles. The number of halogens is 2. The molecule has 0 saturated heterocycles. The Bertz CT molecular complexity index is 1120. The maximum absolute atomic E-state index is 14.2. The molecule has 2 aromatic carbocycles. The average Bonchev–Trinajstić information content (AvgIpc) is 3.38. The number of carbonyl (C=O) groups is 2. The Morgan fingerprint density at radius 2 is 1.71 bits per heavy atom. The van der Waals surface area contributed by atoms with Gasteiger partial charge in [-0.25, -0.2) is 13.6 Å². The first kappa shape index (κ1) is 24.9. The quantitative estimate of drug-likeness (QED) is 0.390. The minimum atomic E-state index is -0.850. The summed E-state index contributed by atoms with van der Waals surface area (Å²) in [6.07, 6.45) is 4.60. The van der Waals surface area contributed by atoms with Gasteiger partial charge in [0.1, 0.15) is 18.2 Å². The number of rotatable bonds is 8. The largest absolute Gasteiger partial charge is 0.332 e. The summed E-state index contributed by atoms with van der Waals surface area (Å²) in [4.78, 5) is 31.2. The van der Waals surface area contributed by atoms with Crippen LogP contribution in [0.1, 0.15) is 42.5 Å². The summed E-state index contributed by atoms with van der Waals surface area (Å²) < 4.78 is 27.5. The molecule has 0 radical (unpaired) electrons. The van der Waals surface area contributed by atoms with Crippen LogP contribution in [0.15, 0.2) is 66.0 Å². The molecule has 1 heterocycles. The molecule has 1 aliphatic rings. The molecule has 0 aliphatic heterocycles. The van der Waals surface area contributed by atoms with Crippen molar-refractivity contribution in [1.82, 2.24) is 9.80 Å². The number of carbonyl (C=O) groups excluding carboxylic acids is 2. The van der Waals surface area contributed by atoms with E-state index in [1.54, 1.807) is 16.2 Å². The summed E-state index contributed by atoms with van der Waals surface area (Å²) in [7, 11) is 0. The zero-order valence-corrected chi connectivity index (χ0v) is 20.3. The summed E-state index contributed by atoms with van der Waals surface area (Å²) >= 11 is 1.58. The van der Waals surface area contributed by atoms with Crippen molar-refractivity contribution in [3.05, 3.63) is 88.1 Å². The van der Waals surface area contributed by atoms with Crippen molar-refractivity contribution >= 4 is 29.0 Å². The first-order valence-corrected chi connectivity index (χ1v) is 12.7. The van der Waals surface area contributed by atoms with E-state index < -0.39 is 17.7 Å². The van der Waals surface area contributed by atoms with Gasteiger partial charge in [0.15, 0.2) is 0 Å². The lowest BCUT2D eigenvalue weighted by atomic mass is 9.94. The summed E-state index contributed by atoms with van der Waals surface area (Å²) in [6.45, 7) is 0.750. The van der Waals surface area contributed by atoms with Crippen LogP contribution < -0.4 is 5.32 Å². The molecule has 8 heteroatoms. The van der Waals surface area contributed by atoms with Crippen LogP contribution >= 0.6 is 11.3 Å². The molecule has 3 aromatic rings. The van der Waals surface area contributed by atoms with Crippen LogP contribution in [0.3, 0.4) is 0 Å². The number of urea groups is 1. The molecule has 1 aliphatic carbocycles. The predicted octanol–water partition coefficient (Wildman–Crippen LogP) is 6.42. The highest BCUT2D eigenvalue weighted by Gasteiger charge is 2.30. The van der Waals surface area contributed by atoms with E-state index in [1.165, 1.54) is 11.0 Å². The third-order valence-electron chi connectivity index (χ3n) is 6.25. The maximum atomic E-state index is 14.2. The topological polar surface area (TPSA) is 52.7 Å². The van der Waals surface area contributed by atoms with Crippen molar-refractivity contribution in [3.8, 4) is 0 Å². The molecule has 35 heavy (non-hydrogen) atoms. The van der Waals surface area contributed by atoms with Crippen LogP contribution in [0.25, 0.3) is 0 Å². The monoisotopic (exact) mass is 497 g/mol. The molecular weight excluding hydrogens is 468 g/mol. The zero-order valence-electron chi connectivity index (χ0n) is 19.5. The second-order valence-electron chi connectivity index (χ2n) is 8.79. The third-order valence-corrected chi connectivity index (χ3v) is 7.11. The zero-order chi connectivity index (χ0) is 24.6. The number of nitrogens with zero attached hydrogens (tertiary/aromatic N) is 2. The van der Waals surface area contributed by atoms with Crippen molar-refractivity contribution in [2.75, 3.05) is 11.9 Å². The summed E-state index contributed by atoms with van der Waals surface area (Å²) in [5.74, 6) is -1.75. The van der Waals surface area contributed by atoms with E-state index in [0.29, 0.717) is 13.1 Å². The fourth-order valence-electron chi connectivity index (χ4n) is 4.41. The number of hydrogen-bond acceptors (Lipinski definition) is 3. The van der Waals surface area contributed by atoms with Crippen molar-refractivity contribution in [3.63, 3.8) is 0 Å². The summed E-state index contributed by atoms with van der Waals surface area (Å²) in [5.41, 5.74) is 0.892. The Labute approximate surface area is 208 Å². The number of amides is 3.